The van der Waals surface area contributed by atoms with Gasteiger partial charge < -0.3 is 26.5 Å². The van der Waals surface area contributed by atoms with Gasteiger partial charge in [-0.1, -0.05) is 94.4 Å². The van der Waals surface area contributed by atoms with E-state index in [0.717, 1.165) is 83.7 Å². The highest BCUT2D eigenvalue weighted by Crippen LogP contribution is 2.11. The van der Waals surface area contributed by atoms with Crippen LogP contribution in [0.5, 0.6) is 0 Å². The lowest BCUT2D eigenvalue weighted by Gasteiger charge is -2.15. The van der Waals surface area contributed by atoms with Crippen molar-refractivity contribution in [3.8, 4) is 0 Å². The first-order valence-electron chi connectivity index (χ1n) is 13.7. The first kappa shape index (κ1) is 38.1. The second-order valence-electron chi connectivity index (χ2n) is 8.29. The molecule has 0 saturated heterocycles. The van der Waals surface area contributed by atoms with Gasteiger partial charge in [-0.2, -0.15) is 0 Å². The molecule has 0 bridgehead atoms. The molecule has 208 valence electrons. The van der Waals surface area contributed by atoms with E-state index in [-0.39, 0.29) is 12.3 Å². The summed E-state index contributed by atoms with van der Waals surface area (Å²) in [6.45, 7) is 8.04. The Kier molecular flexibility index (Phi) is 36.7. The summed E-state index contributed by atoms with van der Waals surface area (Å²) in [5, 5.41) is 18.9. The number of quaternary nitrogens is 2. The van der Waals surface area contributed by atoms with Crippen molar-refractivity contribution in [2.45, 2.75) is 97.8 Å². The second-order valence-corrected chi connectivity index (χ2v) is 8.29. The van der Waals surface area contributed by atoms with Crippen molar-refractivity contribution in [1.82, 2.24) is 0 Å². The van der Waals surface area contributed by atoms with Crippen molar-refractivity contribution in [3.05, 3.63) is 60.8 Å². The van der Waals surface area contributed by atoms with E-state index in [1.807, 2.05) is 13.8 Å². The van der Waals surface area contributed by atoms with Gasteiger partial charge in [0, 0.05) is 12.4 Å². The van der Waals surface area contributed by atoms with Gasteiger partial charge >= 0.3 is 5.97 Å². The molecule has 0 aromatic heterocycles. The van der Waals surface area contributed by atoms with Crippen molar-refractivity contribution in [3.63, 3.8) is 0 Å². The van der Waals surface area contributed by atoms with Gasteiger partial charge in [-0.15, -0.1) is 0 Å². The van der Waals surface area contributed by atoms with E-state index >= 15 is 0 Å². The number of hydrogen-bond acceptors (Lipinski definition) is 3. The molecule has 0 aliphatic rings. The zero-order valence-corrected chi connectivity index (χ0v) is 23.3. The van der Waals surface area contributed by atoms with Crippen LogP contribution in [0.15, 0.2) is 60.8 Å². The maximum Gasteiger partial charge on any atom is 0.303 e. The number of unbranched alkanes of at least 4 members (excludes halogenated alkanes) is 1. The molecule has 6 heteroatoms. The Bertz CT molecular complexity index is 614. The number of rotatable bonds is 19. The minimum absolute atomic E-state index is 0.213. The molecule has 0 aromatic carbocycles. The van der Waals surface area contributed by atoms with Crippen LogP contribution in [0.1, 0.15) is 97.8 Å². The summed E-state index contributed by atoms with van der Waals surface area (Å²) in [5.74, 6) is -1.81. The molecule has 0 heterocycles. The minimum atomic E-state index is -0.885. The van der Waals surface area contributed by atoms with E-state index in [9.17, 15) is 14.7 Å². The van der Waals surface area contributed by atoms with Crippen LogP contribution in [0.3, 0.4) is 0 Å². The predicted octanol–water partition coefficient (Wildman–Crippen LogP) is 4.42. The topological polar surface area (TPSA) is 133 Å². The lowest BCUT2D eigenvalue weighted by atomic mass is 9.99. The van der Waals surface area contributed by atoms with Crippen molar-refractivity contribution in [2.24, 2.45) is 5.92 Å². The van der Waals surface area contributed by atoms with Crippen molar-refractivity contribution in [1.29, 1.82) is 0 Å². The standard InChI is InChI=1S/C20H30O2.C8H16O2.C2H8N2/c1-2-3-4-5-6-7-8-9-10-11-12-13-14-15-16-17-18-19-20(21)22;1-3-5-7(6-4-2)8(9)10;3-1-2-4/h3-4,6-7,9-10,12-13,15-16H,2,5,8,11,14,17-19H2,1H3,(H,21,22);7H,3-6H2,1-2H3,(H,9,10);1-4H2/p+1/b4-3-,7-6-,10-9-,13-12-,16-15-;;. The van der Waals surface area contributed by atoms with Gasteiger partial charge in [0.1, 0.15) is 13.1 Å². The van der Waals surface area contributed by atoms with Gasteiger partial charge in [0.2, 0.25) is 0 Å². The van der Waals surface area contributed by atoms with E-state index < -0.39 is 11.9 Å². The normalized spacial score (nSPS) is 11.5. The van der Waals surface area contributed by atoms with Gasteiger partial charge in [-0.25, -0.2) is 0 Å². The zero-order valence-electron chi connectivity index (χ0n) is 23.3. The number of carbonyl (C=O) groups excluding carboxylic acids is 1. The number of carbonyl (C=O) groups is 2. The van der Waals surface area contributed by atoms with Crippen LogP contribution in [0, 0.1) is 5.92 Å². The van der Waals surface area contributed by atoms with Crippen LogP contribution in [0.4, 0.5) is 0 Å². The molecule has 0 aromatic rings. The lowest BCUT2D eigenvalue weighted by Crippen LogP contribution is -2.64. The Morgan fingerprint density at radius 1 is 0.722 bits per heavy atom. The molecule has 0 radical (unpaired) electrons. The van der Waals surface area contributed by atoms with Gasteiger partial charge in [-0.05, 0) is 63.7 Å². The molecule has 0 unspecified atom stereocenters. The highest BCUT2D eigenvalue weighted by atomic mass is 16.4. The summed E-state index contributed by atoms with van der Waals surface area (Å²) in [4.78, 5) is 20.7. The van der Waals surface area contributed by atoms with Crippen LogP contribution < -0.4 is 16.6 Å². The SMILES string of the molecule is CC/C=C\C/C=C\C/C=C\C/C=C\C/C=C\CCCC(=O)O.CCCC(CCC)C(=O)[O-].[NH3+]CC[NH3+]. The summed E-state index contributed by atoms with van der Waals surface area (Å²) in [7, 11) is 0. The number of hydrogen-bond donors (Lipinski definition) is 3. The van der Waals surface area contributed by atoms with Crippen molar-refractivity contribution < 1.29 is 31.3 Å². The molecule has 0 rings (SSSR count). The van der Waals surface area contributed by atoms with Crippen LogP contribution in [-0.4, -0.2) is 30.1 Å². The summed E-state index contributed by atoms with van der Waals surface area (Å²) in [6.07, 6.45) is 31.8. The molecule has 0 atom stereocenters. The molecular formula is C30H55N2O4+. The Hall–Kier alpha value is -2.44. The predicted molar refractivity (Wildman–Crippen MR) is 150 cm³/mol. The summed E-state index contributed by atoms with van der Waals surface area (Å²) >= 11 is 0. The van der Waals surface area contributed by atoms with E-state index in [1.54, 1.807) is 0 Å². The van der Waals surface area contributed by atoms with Gasteiger partial charge in [0.25, 0.3) is 0 Å². The zero-order chi connectivity index (χ0) is 27.7. The molecule has 7 N–H and O–H groups in total. The average Bonchev–Trinajstić information content (AvgIpc) is 2.86. The molecule has 0 aliphatic heterocycles. The quantitative estimate of drug-likeness (QED) is 0.176. The minimum Gasteiger partial charge on any atom is -0.550 e. The first-order chi connectivity index (χ1) is 17.4. The lowest BCUT2D eigenvalue weighted by molar-refractivity contribution is -0.453. The van der Waals surface area contributed by atoms with Crippen LogP contribution in [0.2, 0.25) is 0 Å². The summed E-state index contributed by atoms with van der Waals surface area (Å²) in [6, 6.07) is 0. The van der Waals surface area contributed by atoms with Gasteiger partial charge in [0.15, 0.2) is 0 Å². The largest absolute Gasteiger partial charge is 0.550 e. The van der Waals surface area contributed by atoms with Crippen LogP contribution in [0.25, 0.3) is 0 Å². The third-order valence-corrected chi connectivity index (χ3v) is 4.78. The summed E-state index contributed by atoms with van der Waals surface area (Å²) in [5.41, 5.74) is 7.08. The molecule has 0 amide bonds. The van der Waals surface area contributed by atoms with E-state index in [4.69, 9.17) is 5.11 Å². The Morgan fingerprint density at radius 3 is 1.42 bits per heavy atom. The fourth-order valence-electron chi connectivity index (χ4n) is 2.82. The Balaban J connectivity index is -0.000000640. The van der Waals surface area contributed by atoms with Crippen LogP contribution in [-0.2, 0) is 9.59 Å². The van der Waals surface area contributed by atoms with Gasteiger partial charge in [0.05, 0.1) is 0 Å². The first-order valence-corrected chi connectivity index (χ1v) is 13.7. The third kappa shape index (κ3) is 38.8. The average molecular weight is 508 g/mol. The maximum atomic E-state index is 10.4. The van der Waals surface area contributed by atoms with Gasteiger partial charge in [-0.3, -0.25) is 4.79 Å². The van der Waals surface area contributed by atoms with E-state index in [1.165, 1.54) is 0 Å². The molecule has 0 fully saturated rings. The monoisotopic (exact) mass is 507 g/mol. The third-order valence-electron chi connectivity index (χ3n) is 4.78. The second kappa shape index (κ2) is 34.7. The highest BCUT2D eigenvalue weighted by Gasteiger charge is 2.05. The molecule has 0 aliphatic carbocycles. The number of aliphatic carboxylic acids is 2. The Labute approximate surface area is 220 Å². The number of carboxylic acids is 2. The molecule has 6 nitrogen and oxygen atoms in total. The molecule has 0 spiro atoms. The maximum absolute atomic E-state index is 10.4. The molecule has 36 heavy (non-hydrogen) atoms. The highest BCUT2D eigenvalue weighted by molar-refractivity contribution is 5.67. The Morgan fingerprint density at radius 2 is 1.11 bits per heavy atom. The van der Waals surface area contributed by atoms with Crippen molar-refractivity contribution in [2.75, 3.05) is 13.1 Å². The van der Waals surface area contributed by atoms with Crippen molar-refractivity contribution >= 4 is 11.9 Å². The fraction of sp³-hybridized carbons (Fsp3) is 0.600. The summed E-state index contributed by atoms with van der Waals surface area (Å²) < 4.78 is 0. The smallest absolute Gasteiger partial charge is 0.303 e. The molecular weight excluding hydrogens is 452 g/mol. The number of carboxylic acid groups (broad SMARTS) is 2. The van der Waals surface area contributed by atoms with E-state index in [0.29, 0.717) is 0 Å². The number of allylic oxidation sites excluding steroid dienone is 10. The molecule has 0 saturated carbocycles. The van der Waals surface area contributed by atoms with Crippen LogP contribution >= 0.6 is 0 Å². The van der Waals surface area contributed by atoms with E-state index in [2.05, 4.69) is 79.2 Å². The fourth-order valence-corrected chi connectivity index (χ4v) is 2.82.